The van der Waals surface area contributed by atoms with E-state index in [2.05, 4.69) is 0 Å². The zero-order valence-electron chi connectivity index (χ0n) is 9.83. The van der Waals surface area contributed by atoms with E-state index < -0.39 is 17.7 Å². The molecule has 2 unspecified atom stereocenters. The van der Waals surface area contributed by atoms with Crippen LogP contribution in [0.5, 0.6) is 0 Å². The SMILES string of the molecule is CC(O)C(C)(F)C(=O)OC1CCCCC1.O. The summed E-state index contributed by atoms with van der Waals surface area (Å²) in [7, 11) is 0. The normalized spacial score (nSPS) is 22.8. The van der Waals surface area contributed by atoms with Gasteiger partial charge in [-0.3, -0.25) is 0 Å². The highest BCUT2D eigenvalue weighted by Crippen LogP contribution is 2.24. The second-order valence-corrected chi connectivity index (χ2v) is 4.42. The number of aliphatic hydroxyl groups is 1. The van der Waals surface area contributed by atoms with Crippen molar-refractivity contribution in [2.45, 2.75) is 63.8 Å². The molecule has 2 atom stereocenters. The molecule has 5 heteroatoms. The zero-order chi connectivity index (χ0) is 11.5. The zero-order valence-corrected chi connectivity index (χ0v) is 9.83. The summed E-state index contributed by atoms with van der Waals surface area (Å²) in [6.07, 6.45) is 3.31. The van der Waals surface area contributed by atoms with Gasteiger partial charge in [-0.2, -0.15) is 0 Å². The summed E-state index contributed by atoms with van der Waals surface area (Å²) in [6, 6.07) is 0. The maximum atomic E-state index is 13.6. The van der Waals surface area contributed by atoms with E-state index in [1.54, 1.807) is 0 Å². The molecule has 0 aromatic rings. The van der Waals surface area contributed by atoms with Crippen LogP contribution in [0, 0.1) is 0 Å². The number of halogens is 1. The largest absolute Gasteiger partial charge is 0.460 e. The molecular weight excluding hydrogens is 215 g/mol. The van der Waals surface area contributed by atoms with Crippen LogP contribution in [-0.4, -0.2) is 34.4 Å². The van der Waals surface area contributed by atoms with Crippen molar-refractivity contribution in [1.82, 2.24) is 0 Å². The summed E-state index contributed by atoms with van der Waals surface area (Å²) in [6.45, 7) is 2.31. The predicted octanol–water partition coefficient (Wildman–Crippen LogP) is 1.15. The number of carbonyl (C=O) groups is 1. The number of hydrogen-bond donors (Lipinski definition) is 1. The molecule has 1 aliphatic carbocycles. The summed E-state index contributed by atoms with van der Waals surface area (Å²) in [5.41, 5.74) is -2.29. The fourth-order valence-corrected chi connectivity index (χ4v) is 1.62. The van der Waals surface area contributed by atoms with Crippen molar-refractivity contribution in [3.8, 4) is 0 Å². The topological polar surface area (TPSA) is 78.0 Å². The van der Waals surface area contributed by atoms with Crippen molar-refractivity contribution < 1.29 is 24.5 Å². The summed E-state index contributed by atoms with van der Waals surface area (Å²) in [4.78, 5) is 11.4. The molecular formula is C11H21FO4. The van der Waals surface area contributed by atoms with Gasteiger partial charge in [-0.15, -0.1) is 0 Å². The van der Waals surface area contributed by atoms with Crippen molar-refractivity contribution in [3.63, 3.8) is 0 Å². The molecule has 4 nitrogen and oxygen atoms in total. The average molecular weight is 236 g/mol. The van der Waals surface area contributed by atoms with Crippen molar-refractivity contribution in [2.75, 3.05) is 0 Å². The Morgan fingerprint density at radius 3 is 2.38 bits per heavy atom. The number of ether oxygens (including phenoxy) is 1. The Morgan fingerprint density at radius 1 is 1.44 bits per heavy atom. The highest BCUT2D eigenvalue weighted by Gasteiger charge is 2.41. The van der Waals surface area contributed by atoms with Crippen LogP contribution in [-0.2, 0) is 9.53 Å². The molecule has 96 valence electrons. The third-order valence-corrected chi connectivity index (χ3v) is 3.01. The second-order valence-electron chi connectivity index (χ2n) is 4.42. The molecule has 3 N–H and O–H groups in total. The van der Waals surface area contributed by atoms with Gasteiger partial charge in [0.2, 0.25) is 5.67 Å². The third-order valence-electron chi connectivity index (χ3n) is 3.01. The summed E-state index contributed by atoms with van der Waals surface area (Å²) >= 11 is 0. The van der Waals surface area contributed by atoms with Gasteiger partial charge < -0.3 is 15.3 Å². The lowest BCUT2D eigenvalue weighted by Crippen LogP contribution is -2.44. The molecule has 0 bridgehead atoms. The number of rotatable bonds is 3. The third kappa shape index (κ3) is 3.72. The summed E-state index contributed by atoms with van der Waals surface area (Å²) < 4.78 is 18.7. The Hall–Kier alpha value is -0.680. The second kappa shape index (κ2) is 6.15. The highest BCUT2D eigenvalue weighted by molar-refractivity contribution is 5.79. The monoisotopic (exact) mass is 236 g/mol. The van der Waals surface area contributed by atoms with Gasteiger partial charge >= 0.3 is 5.97 Å². The molecule has 0 aromatic carbocycles. The molecule has 0 spiro atoms. The van der Waals surface area contributed by atoms with E-state index in [1.807, 2.05) is 0 Å². The van der Waals surface area contributed by atoms with Crippen LogP contribution in [0.25, 0.3) is 0 Å². The first kappa shape index (κ1) is 15.3. The van der Waals surface area contributed by atoms with Gasteiger partial charge in [-0.1, -0.05) is 6.42 Å². The van der Waals surface area contributed by atoms with Gasteiger partial charge in [-0.05, 0) is 39.5 Å². The number of carbonyl (C=O) groups excluding carboxylic acids is 1. The van der Waals surface area contributed by atoms with Crippen LogP contribution in [0.15, 0.2) is 0 Å². The smallest absolute Gasteiger partial charge is 0.346 e. The Labute approximate surface area is 95.1 Å². The van der Waals surface area contributed by atoms with Crippen molar-refractivity contribution in [1.29, 1.82) is 0 Å². The van der Waals surface area contributed by atoms with E-state index in [0.29, 0.717) is 0 Å². The van der Waals surface area contributed by atoms with E-state index in [1.165, 1.54) is 6.92 Å². The van der Waals surface area contributed by atoms with Crippen molar-refractivity contribution >= 4 is 5.97 Å². The number of hydrogen-bond acceptors (Lipinski definition) is 3. The molecule has 1 rings (SSSR count). The molecule has 0 aliphatic heterocycles. The van der Waals surface area contributed by atoms with Crippen molar-refractivity contribution in [2.24, 2.45) is 0 Å². The van der Waals surface area contributed by atoms with E-state index >= 15 is 0 Å². The molecule has 0 aromatic heterocycles. The van der Waals surface area contributed by atoms with Crippen LogP contribution in [0.3, 0.4) is 0 Å². The minimum absolute atomic E-state index is 0. The first-order valence-corrected chi connectivity index (χ1v) is 5.52. The summed E-state index contributed by atoms with van der Waals surface area (Å²) in [5, 5.41) is 9.10. The summed E-state index contributed by atoms with van der Waals surface area (Å²) in [5.74, 6) is -0.940. The quantitative estimate of drug-likeness (QED) is 0.746. The first-order valence-electron chi connectivity index (χ1n) is 5.52. The Morgan fingerprint density at radius 2 is 1.94 bits per heavy atom. The molecule has 0 radical (unpaired) electrons. The lowest BCUT2D eigenvalue weighted by atomic mass is 9.97. The van der Waals surface area contributed by atoms with Crippen LogP contribution in [0.4, 0.5) is 4.39 Å². The standard InChI is InChI=1S/C11H19FO3.H2O/c1-8(13)11(2,12)10(14)15-9-6-4-3-5-7-9;/h8-9,13H,3-7H2,1-2H3;1H2. The lowest BCUT2D eigenvalue weighted by molar-refractivity contribution is -0.170. The van der Waals surface area contributed by atoms with Gasteiger partial charge in [0.05, 0.1) is 6.10 Å². The van der Waals surface area contributed by atoms with Gasteiger partial charge in [-0.25, -0.2) is 9.18 Å². The van der Waals surface area contributed by atoms with Crippen LogP contribution in [0.1, 0.15) is 46.0 Å². The van der Waals surface area contributed by atoms with E-state index in [0.717, 1.165) is 39.0 Å². The number of esters is 1. The molecule has 1 saturated carbocycles. The van der Waals surface area contributed by atoms with Crippen LogP contribution in [0.2, 0.25) is 0 Å². The molecule has 1 fully saturated rings. The fraction of sp³-hybridized carbons (Fsp3) is 0.909. The fourth-order valence-electron chi connectivity index (χ4n) is 1.62. The maximum absolute atomic E-state index is 13.6. The van der Waals surface area contributed by atoms with E-state index in [4.69, 9.17) is 9.84 Å². The highest BCUT2D eigenvalue weighted by atomic mass is 19.1. The van der Waals surface area contributed by atoms with Gasteiger partial charge in [0.1, 0.15) is 6.10 Å². The molecule has 16 heavy (non-hydrogen) atoms. The number of aliphatic hydroxyl groups excluding tert-OH is 1. The van der Waals surface area contributed by atoms with E-state index in [-0.39, 0.29) is 11.6 Å². The van der Waals surface area contributed by atoms with Crippen LogP contribution >= 0.6 is 0 Å². The van der Waals surface area contributed by atoms with Gasteiger partial charge in [0.25, 0.3) is 0 Å². The average Bonchev–Trinajstić information content (AvgIpc) is 2.18. The molecule has 0 amide bonds. The maximum Gasteiger partial charge on any atom is 0.346 e. The lowest BCUT2D eigenvalue weighted by Gasteiger charge is -2.27. The minimum Gasteiger partial charge on any atom is -0.460 e. The van der Waals surface area contributed by atoms with Crippen LogP contribution < -0.4 is 0 Å². The Balaban J connectivity index is 0.00000225. The molecule has 0 saturated heterocycles. The van der Waals surface area contributed by atoms with E-state index in [9.17, 15) is 9.18 Å². The van der Waals surface area contributed by atoms with Crippen molar-refractivity contribution in [3.05, 3.63) is 0 Å². The molecule has 0 heterocycles. The first-order chi connectivity index (χ1) is 6.94. The molecule has 1 aliphatic rings. The van der Waals surface area contributed by atoms with Gasteiger partial charge in [0.15, 0.2) is 0 Å². The number of alkyl halides is 1. The Bertz CT molecular complexity index is 222. The Kier molecular flexibility index (Phi) is 5.89. The van der Waals surface area contributed by atoms with Gasteiger partial charge in [0, 0.05) is 0 Å². The predicted molar refractivity (Wildman–Crippen MR) is 57.8 cm³/mol. The minimum atomic E-state index is -2.29.